The smallest absolute Gasteiger partial charge is 0.394 e. The quantitative estimate of drug-likeness (QED) is 0.766. The monoisotopic (exact) mass is 276 g/mol. The van der Waals surface area contributed by atoms with Crippen LogP contribution in [0.15, 0.2) is 6.07 Å². The number of halogens is 3. The zero-order chi connectivity index (χ0) is 14.1. The zero-order valence-electron chi connectivity index (χ0n) is 10.4. The van der Waals surface area contributed by atoms with Crippen LogP contribution in [0, 0.1) is 0 Å². The summed E-state index contributed by atoms with van der Waals surface area (Å²) in [6.45, 7) is 2.04. The van der Waals surface area contributed by atoms with E-state index in [4.69, 9.17) is 0 Å². The minimum atomic E-state index is -4.53. The Kier molecular flexibility index (Phi) is 3.53. The number of aliphatic hydroxyl groups is 1. The second-order valence-electron chi connectivity index (χ2n) is 4.55. The molecule has 0 aromatic carbocycles. The minimum Gasteiger partial charge on any atom is -0.394 e. The molecule has 1 aromatic rings. The number of anilines is 2. The molecule has 5 nitrogen and oxygen atoms in total. The van der Waals surface area contributed by atoms with E-state index in [0.29, 0.717) is 19.4 Å². The molecule has 0 aliphatic heterocycles. The summed E-state index contributed by atoms with van der Waals surface area (Å²) in [7, 11) is 0. The second-order valence-corrected chi connectivity index (χ2v) is 4.55. The summed E-state index contributed by atoms with van der Waals surface area (Å²) in [4.78, 5) is 7.39. The third kappa shape index (κ3) is 3.25. The predicted molar refractivity (Wildman–Crippen MR) is 63.9 cm³/mol. The van der Waals surface area contributed by atoms with E-state index >= 15 is 0 Å². The number of aromatic nitrogens is 2. The molecule has 0 saturated heterocycles. The molecule has 1 aromatic heterocycles. The number of nitrogens with one attached hydrogen (secondary N) is 2. The minimum absolute atomic E-state index is 0.0739. The van der Waals surface area contributed by atoms with Crippen molar-refractivity contribution in [3.63, 3.8) is 0 Å². The van der Waals surface area contributed by atoms with Crippen LogP contribution in [0.4, 0.5) is 24.9 Å². The normalized spacial score (nSPS) is 17.1. The molecule has 0 atom stereocenters. The van der Waals surface area contributed by atoms with Gasteiger partial charge in [-0.2, -0.15) is 18.2 Å². The van der Waals surface area contributed by atoms with Gasteiger partial charge in [0.1, 0.15) is 5.82 Å². The van der Waals surface area contributed by atoms with Crippen molar-refractivity contribution in [2.24, 2.45) is 0 Å². The van der Waals surface area contributed by atoms with Gasteiger partial charge in [0.2, 0.25) is 5.95 Å². The Labute approximate surface area is 108 Å². The highest BCUT2D eigenvalue weighted by Gasteiger charge is 2.43. The number of rotatable bonds is 5. The average molecular weight is 276 g/mol. The Balaban J connectivity index is 2.29. The van der Waals surface area contributed by atoms with Crippen molar-refractivity contribution in [2.75, 3.05) is 23.8 Å². The van der Waals surface area contributed by atoms with Gasteiger partial charge in [-0.1, -0.05) is 0 Å². The lowest BCUT2D eigenvalue weighted by Crippen LogP contribution is -2.27. The van der Waals surface area contributed by atoms with Gasteiger partial charge in [-0.25, -0.2) is 4.98 Å². The maximum absolute atomic E-state index is 12.7. The van der Waals surface area contributed by atoms with Crippen LogP contribution >= 0.6 is 0 Å². The van der Waals surface area contributed by atoms with Gasteiger partial charge in [0.15, 0.2) is 5.69 Å². The van der Waals surface area contributed by atoms with Crippen molar-refractivity contribution in [3.05, 3.63) is 11.8 Å². The van der Waals surface area contributed by atoms with Crippen molar-refractivity contribution < 1.29 is 18.3 Å². The molecule has 0 unspecified atom stereocenters. The highest BCUT2D eigenvalue weighted by molar-refractivity contribution is 5.46. The fraction of sp³-hybridized carbons (Fsp3) is 0.636. The summed E-state index contributed by atoms with van der Waals surface area (Å²) in [5.74, 6) is -0.00149. The van der Waals surface area contributed by atoms with Crippen LogP contribution in [0.1, 0.15) is 25.5 Å². The Hall–Kier alpha value is -1.57. The molecular weight excluding hydrogens is 261 g/mol. The van der Waals surface area contributed by atoms with Crippen molar-refractivity contribution in [1.29, 1.82) is 0 Å². The van der Waals surface area contributed by atoms with Gasteiger partial charge in [0, 0.05) is 12.6 Å². The first-order chi connectivity index (χ1) is 8.88. The zero-order valence-corrected chi connectivity index (χ0v) is 10.4. The van der Waals surface area contributed by atoms with Crippen molar-refractivity contribution in [1.82, 2.24) is 9.97 Å². The first-order valence-corrected chi connectivity index (χ1v) is 5.98. The molecule has 19 heavy (non-hydrogen) atoms. The number of hydrogen-bond donors (Lipinski definition) is 3. The first kappa shape index (κ1) is 13.9. The van der Waals surface area contributed by atoms with Crippen molar-refractivity contribution in [2.45, 2.75) is 31.5 Å². The number of hydrogen-bond acceptors (Lipinski definition) is 5. The Morgan fingerprint density at radius 2 is 2.05 bits per heavy atom. The second kappa shape index (κ2) is 4.84. The van der Waals surface area contributed by atoms with E-state index < -0.39 is 17.4 Å². The highest BCUT2D eigenvalue weighted by Crippen LogP contribution is 2.39. The molecule has 2 rings (SSSR count). The lowest BCUT2D eigenvalue weighted by Gasteiger charge is -2.17. The Bertz CT molecular complexity index is 460. The summed E-state index contributed by atoms with van der Waals surface area (Å²) < 4.78 is 38.2. The van der Waals surface area contributed by atoms with Gasteiger partial charge >= 0.3 is 6.18 Å². The predicted octanol–water partition coefficient (Wildman–Crippen LogP) is 1.86. The summed E-state index contributed by atoms with van der Waals surface area (Å²) in [6, 6.07) is 0.858. The van der Waals surface area contributed by atoms with Gasteiger partial charge < -0.3 is 15.7 Å². The molecule has 1 heterocycles. The summed E-state index contributed by atoms with van der Waals surface area (Å²) in [6.07, 6.45) is -3.10. The highest BCUT2D eigenvalue weighted by atomic mass is 19.4. The number of nitrogens with zero attached hydrogens (tertiary/aromatic N) is 2. The Morgan fingerprint density at radius 1 is 1.37 bits per heavy atom. The standard InChI is InChI=1S/C11H15F3N4O/c1-2-15-9-16-7(11(12,13)14)5-8(17-9)18-10(6-19)3-4-10/h5,19H,2-4,6H2,1H3,(H2,15,16,17,18). The van der Waals surface area contributed by atoms with E-state index in [0.717, 1.165) is 6.07 Å². The largest absolute Gasteiger partial charge is 0.433 e. The van der Waals surface area contributed by atoms with E-state index in [9.17, 15) is 18.3 Å². The molecular formula is C11H15F3N4O. The molecule has 0 amide bonds. The SMILES string of the molecule is CCNc1nc(NC2(CO)CC2)cc(C(F)(F)F)n1. The lowest BCUT2D eigenvalue weighted by atomic mass is 10.3. The van der Waals surface area contributed by atoms with Crippen LogP contribution in [-0.2, 0) is 6.18 Å². The van der Waals surface area contributed by atoms with Gasteiger partial charge in [-0.3, -0.25) is 0 Å². The van der Waals surface area contributed by atoms with E-state index in [1.807, 2.05) is 0 Å². The lowest BCUT2D eigenvalue weighted by molar-refractivity contribution is -0.141. The third-order valence-electron chi connectivity index (χ3n) is 2.90. The maximum atomic E-state index is 12.7. The molecule has 1 fully saturated rings. The summed E-state index contributed by atoms with van der Waals surface area (Å²) >= 11 is 0. The fourth-order valence-corrected chi connectivity index (χ4v) is 1.64. The topological polar surface area (TPSA) is 70.1 Å². The summed E-state index contributed by atoms with van der Waals surface area (Å²) in [5.41, 5.74) is -1.53. The Morgan fingerprint density at radius 3 is 2.53 bits per heavy atom. The first-order valence-electron chi connectivity index (χ1n) is 5.98. The summed E-state index contributed by atoms with van der Waals surface area (Å²) in [5, 5.41) is 14.7. The van der Waals surface area contributed by atoms with Crippen LogP contribution in [0.3, 0.4) is 0 Å². The van der Waals surface area contributed by atoms with Crippen LogP contribution in [0.2, 0.25) is 0 Å². The van der Waals surface area contributed by atoms with Crippen LogP contribution in [0.25, 0.3) is 0 Å². The molecule has 3 N–H and O–H groups in total. The number of alkyl halides is 3. The molecule has 106 valence electrons. The van der Waals surface area contributed by atoms with E-state index in [2.05, 4.69) is 20.6 Å². The third-order valence-corrected chi connectivity index (χ3v) is 2.90. The van der Waals surface area contributed by atoms with Gasteiger partial charge in [-0.05, 0) is 19.8 Å². The van der Waals surface area contributed by atoms with Crippen molar-refractivity contribution in [3.8, 4) is 0 Å². The van der Waals surface area contributed by atoms with Crippen LogP contribution < -0.4 is 10.6 Å². The van der Waals surface area contributed by atoms with E-state index in [-0.39, 0.29) is 18.4 Å². The average Bonchev–Trinajstić information content (AvgIpc) is 3.08. The van der Waals surface area contributed by atoms with Crippen molar-refractivity contribution >= 4 is 11.8 Å². The molecule has 0 spiro atoms. The number of aliphatic hydroxyl groups excluding tert-OH is 1. The van der Waals surface area contributed by atoms with E-state index in [1.54, 1.807) is 6.92 Å². The van der Waals surface area contributed by atoms with E-state index in [1.165, 1.54) is 0 Å². The van der Waals surface area contributed by atoms with Gasteiger partial charge in [0.05, 0.1) is 12.1 Å². The fourth-order valence-electron chi connectivity index (χ4n) is 1.64. The van der Waals surface area contributed by atoms with Gasteiger partial charge in [0.25, 0.3) is 0 Å². The molecule has 0 bridgehead atoms. The molecule has 1 saturated carbocycles. The molecule has 8 heteroatoms. The maximum Gasteiger partial charge on any atom is 0.433 e. The molecule has 1 aliphatic rings. The molecule has 0 radical (unpaired) electrons. The molecule has 1 aliphatic carbocycles. The van der Waals surface area contributed by atoms with Crippen LogP contribution in [-0.4, -0.2) is 33.8 Å². The van der Waals surface area contributed by atoms with Gasteiger partial charge in [-0.15, -0.1) is 0 Å². The van der Waals surface area contributed by atoms with Crippen LogP contribution in [0.5, 0.6) is 0 Å².